The summed E-state index contributed by atoms with van der Waals surface area (Å²) in [4.78, 5) is 12.4. The highest BCUT2D eigenvalue weighted by atomic mass is 32.1. The van der Waals surface area contributed by atoms with Crippen LogP contribution in [0.4, 0.5) is 0 Å². The van der Waals surface area contributed by atoms with Crippen molar-refractivity contribution in [2.24, 2.45) is 4.99 Å². The Morgan fingerprint density at radius 3 is 2.45 bits per heavy atom. The summed E-state index contributed by atoms with van der Waals surface area (Å²) < 4.78 is 0. The van der Waals surface area contributed by atoms with Gasteiger partial charge in [0.25, 0.3) is 0 Å². The van der Waals surface area contributed by atoms with E-state index in [1.165, 1.54) is 4.88 Å². The first-order valence-corrected chi connectivity index (χ1v) is 8.02. The van der Waals surface area contributed by atoms with Gasteiger partial charge in [-0.3, -0.25) is 4.99 Å². The number of guanidine groups is 1. The number of hydrogen-bond acceptors (Lipinski definition) is 4. The van der Waals surface area contributed by atoms with E-state index in [4.69, 9.17) is 0 Å². The molecule has 0 bridgehead atoms. The molecule has 0 aliphatic heterocycles. The minimum absolute atomic E-state index is 0.726. The Bertz CT molecular complexity index is 404. The van der Waals surface area contributed by atoms with Gasteiger partial charge in [0.1, 0.15) is 5.01 Å². The lowest BCUT2D eigenvalue weighted by Gasteiger charge is -2.19. The molecule has 114 valence electrons. The molecule has 0 aliphatic carbocycles. The fourth-order valence-corrected chi connectivity index (χ4v) is 2.74. The third kappa shape index (κ3) is 5.46. The first-order valence-electron chi connectivity index (χ1n) is 7.20. The molecule has 0 radical (unpaired) electrons. The van der Waals surface area contributed by atoms with E-state index in [-0.39, 0.29) is 0 Å². The number of thiazole rings is 1. The van der Waals surface area contributed by atoms with E-state index in [0.29, 0.717) is 0 Å². The Kier molecular flexibility index (Phi) is 7.54. The number of rotatable bonds is 7. The van der Waals surface area contributed by atoms with Crippen LogP contribution in [0.15, 0.2) is 4.99 Å². The lowest BCUT2D eigenvalue weighted by atomic mass is 10.4. The van der Waals surface area contributed by atoms with Crippen LogP contribution in [0.3, 0.4) is 0 Å². The summed E-state index contributed by atoms with van der Waals surface area (Å²) >= 11 is 1.74. The molecular weight excluding hydrogens is 270 g/mol. The number of aliphatic imine (C=N–C) groups is 1. The summed E-state index contributed by atoms with van der Waals surface area (Å²) in [5.41, 5.74) is 1.12. The number of aryl methyl sites for hydroxylation is 2. The van der Waals surface area contributed by atoms with Crippen molar-refractivity contribution < 1.29 is 0 Å². The van der Waals surface area contributed by atoms with Gasteiger partial charge in [-0.1, -0.05) is 13.8 Å². The molecule has 0 saturated carbocycles. The Balaban J connectivity index is 2.33. The molecule has 0 atom stereocenters. The van der Waals surface area contributed by atoms with Crippen LogP contribution in [-0.2, 0) is 6.54 Å². The molecule has 1 aromatic heterocycles. The van der Waals surface area contributed by atoms with E-state index in [0.717, 1.165) is 49.4 Å². The maximum absolute atomic E-state index is 4.52. The van der Waals surface area contributed by atoms with Gasteiger partial charge >= 0.3 is 0 Å². The number of aromatic nitrogens is 1. The predicted octanol–water partition coefficient (Wildman–Crippen LogP) is 1.77. The minimum Gasteiger partial charge on any atom is -0.355 e. The quantitative estimate of drug-likeness (QED) is 0.595. The van der Waals surface area contributed by atoms with E-state index < -0.39 is 0 Å². The van der Waals surface area contributed by atoms with Gasteiger partial charge in [0.15, 0.2) is 5.96 Å². The summed E-state index contributed by atoms with van der Waals surface area (Å²) in [5, 5.41) is 7.74. The van der Waals surface area contributed by atoms with Crippen LogP contribution in [0.2, 0.25) is 0 Å². The maximum atomic E-state index is 4.52. The second-order valence-electron chi connectivity index (χ2n) is 4.63. The van der Waals surface area contributed by atoms with Gasteiger partial charge < -0.3 is 15.5 Å². The van der Waals surface area contributed by atoms with Crippen LogP contribution in [0, 0.1) is 13.8 Å². The highest BCUT2D eigenvalue weighted by Gasteiger charge is 2.05. The van der Waals surface area contributed by atoms with Crippen molar-refractivity contribution in [1.82, 2.24) is 20.5 Å². The van der Waals surface area contributed by atoms with Crippen LogP contribution < -0.4 is 10.6 Å². The molecule has 20 heavy (non-hydrogen) atoms. The largest absolute Gasteiger partial charge is 0.355 e. The molecule has 6 heteroatoms. The average molecular weight is 297 g/mol. The van der Waals surface area contributed by atoms with Crippen molar-refractivity contribution in [1.29, 1.82) is 0 Å². The second-order valence-corrected chi connectivity index (χ2v) is 5.92. The van der Waals surface area contributed by atoms with Crippen LogP contribution in [0.25, 0.3) is 0 Å². The number of nitrogens with one attached hydrogen (secondary N) is 2. The third-order valence-electron chi connectivity index (χ3n) is 3.32. The summed E-state index contributed by atoms with van der Waals surface area (Å²) in [6, 6.07) is 0. The van der Waals surface area contributed by atoms with E-state index in [2.05, 4.69) is 46.3 Å². The van der Waals surface area contributed by atoms with Crippen molar-refractivity contribution in [2.45, 2.75) is 34.2 Å². The van der Waals surface area contributed by atoms with Crippen molar-refractivity contribution in [2.75, 3.05) is 33.2 Å². The lowest BCUT2D eigenvalue weighted by molar-refractivity contribution is 0.308. The standard InChI is InChI=1S/C14H27N5S/c1-6-19(7-2)9-8-16-14(15-5)17-10-13-18-11(3)12(4)20-13/h6-10H2,1-5H3,(H2,15,16,17). The molecular formula is C14H27N5S. The Hall–Kier alpha value is -1.14. The van der Waals surface area contributed by atoms with Crippen molar-refractivity contribution in [3.8, 4) is 0 Å². The fourth-order valence-electron chi connectivity index (χ4n) is 1.87. The van der Waals surface area contributed by atoms with Crippen LogP contribution in [0.1, 0.15) is 29.4 Å². The highest BCUT2D eigenvalue weighted by Crippen LogP contribution is 2.15. The van der Waals surface area contributed by atoms with Gasteiger partial charge in [-0.25, -0.2) is 4.98 Å². The normalized spacial score (nSPS) is 12.0. The SMILES string of the molecule is CCN(CC)CCNC(=NC)NCc1nc(C)c(C)s1. The zero-order valence-corrected chi connectivity index (χ0v) is 14.1. The molecule has 0 amide bonds. The molecule has 0 saturated heterocycles. The van der Waals surface area contributed by atoms with E-state index in [1.54, 1.807) is 18.4 Å². The second kappa shape index (κ2) is 8.92. The maximum Gasteiger partial charge on any atom is 0.191 e. The molecule has 0 aromatic carbocycles. The zero-order chi connectivity index (χ0) is 15.0. The minimum atomic E-state index is 0.726. The van der Waals surface area contributed by atoms with Crippen molar-refractivity contribution >= 4 is 17.3 Å². The molecule has 1 aromatic rings. The first-order chi connectivity index (χ1) is 9.60. The van der Waals surface area contributed by atoms with Crippen molar-refractivity contribution in [3.05, 3.63) is 15.6 Å². The number of hydrogen-bond donors (Lipinski definition) is 2. The molecule has 0 fully saturated rings. The molecule has 0 unspecified atom stereocenters. The number of likely N-dealkylation sites (N-methyl/N-ethyl adjacent to an activating group) is 1. The summed E-state index contributed by atoms with van der Waals surface area (Å²) in [7, 11) is 1.80. The van der Waals surface area contributed by atoms with Crippen LogP contribution >= 0.6 is 11.3 Å². The molecule has 0 spiro atoms. The highest BCUT2D eigenvalue weighted by molar-refractivity contribution is 7.11. The van der Waals surface area contributed by atoms with Gasteiger partial charge in [0.05, 0.1) is 12.2 Å². The van der Waals surface area contributed by atoms with Gasteiger partial charge in [-0.05, 0) is 26.9 Å². The van der Waals surface area contributed by atoms with E-state index in [1.807, 2.05) is 6.92 Å². The summed E-state index contributed by atoms with van der Waals surface area (Å²) in [6.07, 6.45) is 0. The topological polar surface area (TPSA) is 52.5 Å². The summed E-state index contributed by atoms with van der Waals surface area (Å²) in [5.74, 6) is 0.836. The average Bonchev–Trinajstić information content (AvgIpc) is 2.77. The smallest absolute Gasteiger partial charge is 0.191 e. The lowest BCUT2D eigenvalue weighted by Crippen LogP contribution is -2.41. The van der Waals surface area contributed by atoms with Gasteiger partial charge in [0.2, 0.25) is 0 Å². The Labute approximate surface area is 126 Å². The van der Waals surface area contributed by atoms with Gasteiger partial charge in [0, 0.05) is 25.0 Å². The molecule has 1 heterocycles. The molecule has 2 N–H and O–H groups in total. The molecule has 1 rings (SSSR count). The Morgan fingerprint density at radius 1 is 1.25 bits per heavy atom. The third-order valence-corrected chi connectivity index (χ3v) is 4.39. The summed E-state index contributed by atoms with van der Waals surface area (Å²) in [6.45, 7) is 13.3. The van der Waals surface area contributed by atoms with E-state index >= 15 is 0 Å². The van der Waals surface area contributed by atoms with Crippen LogP contribution in [0.5, 0.6) is 0 Å². The fraction of sp³-hybridized carbons (Fsp3) is 0.714. The zero-order valence-electron chi connectivity index (χ0n) is 13.3. The predicted molar refractivity (Wildman–Crippen MR) is 87.6 cm³/mol. The van der Waals surface area contributed by atoms with Crippen LogP contribution in [-0.4, -0.2) is 49.1 Å². The molecule has 0 aliphatic rings. The first kappa shape index (κ1) is 16.9. The van der Waals surface area contributed by atoms with Gasteiger partial charge in [-0.2, -0.15) is 0 Å². The molecule has 5 nitrogen and oxygen atoms in total. The monoisotopic (exact) mass is 297 g/mol. The number of nitrogens with zero attached hydrogens (tertiary/aromatic N) is 3. The van der Waals surface area contributed by atoms with Crippen molar-refractivity contribution in [3.63, 3.8) is 0 Å². The van der Waals surface area contributed by atoms with E-state index in [9.17, 15) is 0 Å². The van der Waals surface area contributed by atoms with Gasteiger partial charge in [-0.15, -0.1) is 11.3 Å². The Morgan fingerprint density at radius 2 is 1.95 bits per heavy atom.